The molecule has 0 atom stereocenters. The molecule has 3 nitrogen and oxygen atoms in total. The smallest absolute Gasteiger partial charge is 0.158 e. The van der Waals surface area contributed by atoms with Gasteiger partial charge in [0.25, 0.3) is 0 Å². The number of aromatic nitrogens is 3. The molecule has 0 bridgehead atoms. The monoisotopic (exact) mass is 231 g/mol. The molecule has 0 aliphatic rings. The van der Waals surface area contributed by atoms with E-state index < -0.39 is 0 Å². The molecule has 0 aliphatic heterocycles. The van der Waals surface area contributed by atoms with E-state index in [2.05, 4.69) is 52.6 Å². The summed E-state index contributed by atoms with van der Waals surface area (Å²) in [5.74, 6) is 0. The van der Waals surface area contributed by atoms with E-state index in [4.69, 9.17) is 5.10 Å². The highest BCUT2D eigenvalue weighted by molar-refractivity contribution is 5.79. The molecule has 17 heavy (non-hydrogen) atoms. The van der Waals surface area contributed by atoms with Crippen LogP contribution >= 0.6 is 0 Å². The summed E-state index contributed by atoms with van der Waals surface area (Å²) in [6.45, 7) is 13.0. The van der Waals surface area contributed by atoms with Gasteiger partial charge in [0.15, 0.2) is 5.65 Å². The molecule has 0 aliphatic carbocycles. The van der Waals surface area contributed by atoms with Gasteiger partial charge in [0.2, 0.25) is 0 Å². The van der Waals surface area contributed by atoms with Crippen molar-refractivity contribution in [3.63, 3.8) is 0 Å². The fourth-order valence-corrected chi connectivity index (χ4v) is 1.97. The molecule has 2 rings (SSSR count). The van der Waals surface area contributed by atoms with Crippen LogP contribution < -0.4 is 0 Å². The van der Waals surface area contributed by atoms with Crippen molar-refractivity contribution in [2.75, 3.05) is 0 Å². The third-order valence-electron chi connectivity index (χ3n) is 2.79. The topological polar surface area (TPSA) is 30.7 Å². The van der Waals surface area contributed by atoms with Crippen molar-refractivity contribution in [2.24, 2.45) is 0 Å². The molecular formula is C14H21N3. The number of hydrogen-bond donors (Lipinski definition) is 0. The summed E-state index contributed by atoms with van der Waals surface area (Å²) >= 11 is 0. The van der Waals surface area contributed by atoms with Gasteiger partial charge in [-0.1, -0.05) is 20.8 Å². The summed E-state index contributed by atoms with van der Waals surface area (Å²) in [7, 11) is 0. The largest absolute Gasteiger partial charge is 0.242 e. The molecular weight excluding hydrogens is 210 g/mol. The lowest BCUT2D eigenvalue weighted by atomic mass is 9.90. The molecule has 2 heterocycles. The SMILES string of the molecule is CC(C)(C)c1nn(C(C)(C)C)c2ncccc12. The lowest BCUT2D eigenvalue weighted by Gasteiger charge is -2.20. The summed E-state index contributed by atoms with van der Waals surface area (Å²) in [5.41, 5.74) is 2.09. The Labute approximate surface area is 103 Å². The Morgan fingerprint density at radius 3 is 2.24 bits per heavy atom. The summed E-state index contributed by atoms with van der Waals surface area (Å²) < 4.78 is 2.03. The first-order chi connectivity index (χ1) is 7.71. The Morgan fingerprint density at radius 2 is 1.71 bits per heavy atom. The van der Waals surface area contributed by atoms with E-state index in [1.165, 1.54) is 0 Å². The lowest BCUT2D eigenvalue weighted by Crippen LogP contribution is -2.24. The van der Waals surface area contributed by atoms with Gasteiger partial charge in [-0.2, -0.15) is 5.10 Å². The van der Waals surface area contributed by atoms with Crippen molar-refractivity contribution < 1.29 is 0 Å². The molecule has 2 aromatic heterocycles. The number of fused-ring (bicyclic) bond motifs is 1. The highest BCUT2D eigenvalue weighted by atomic mass is 15.3. The Morgan fingerprint density at radius 1 is 1.06 bits per heavy atom. The third kappa shape index (κ3) is 2.06. The molecule has 0 aromatic carbocycles. The van der Waals surface area contributed by atoms with Crippen LogP contribution in [0.2, 0.25) is 0 Å². The van der Waals surface area contributed by atoms with Crippen LogP contribution in [0, 0.1) is 0 Å². The maximum atomic E-state index is 4.79. The van der Waals surface area contributed by atoms with Gasteiger partial charge < -0.3 is 0 Å². The summed E-state index contributed by atoms with van der Waals surface area (Å²) in [6, 6.07) is 4.09. The van der Waals surface area contributed by atoms with Crippen LogP contribution in [0.4, 0.5) is 0 Å². The molecule has 0 spiro atoms. The second-order valence-electron chi connectivity index (χ2n) is 6.56. The fraction of sp³-hybridized carbons (Fsp3) is 0.571. The van der Waals surface area contributed by atoms with E-state index in [1.54, 1.807) is 0 Å². The van der Waals surface area contributed by atoms with Crippen LogP contribution in [0.15, 0.2) is 18.3 Å². The van der Waals surface area contributed by atoms with Crippen molar-refractivity contribution in [1.29, 1.82) is 0 Å². The zero-order chi connectivity index (χ0) is 12.8. The first-order valence-corrected chi connectivity index (χ1v) is 6.06. The second kappa shape index (κ2) is 3.56. The van der Waals surface area contributed by atoms with E-state index in [0.717, 1.165) is 16.7 Å². The summed E-state index contributed by atoms with van der Waals surface area (Å²) in [6.07, 6.45) is 1.83. The van der Waals surface area contributed by atoms with Crippen LogP contribution in [-0.2, 0) is 11.0 Å². The lowest BCUT2D eigenvalue weighted by molar-refractivity contribution is 0.358. The van der Waals surface area contributed by atoms with Crippen LogP contribution in [0.1, 0.15) is 47.2 Å². The van der Waals surface area contributed by atoms with Crippen LogP contribution in [-0.4, -0.2) is 14.8 Å². The standard InChI is InChI=1S/C14H21N3/c1-13(2,3)11-10-8-7-9-15-12(10)17(16-11)14(4,5)6/h7-9H,1-6H3. The minimum Gasteiger partial charge on any atom is -0.242 e. The van der Waals surface area contributed by atoms with E-state index in [-0.39, 0.29) is 11.0 Å². The number of pyridine rings is 1. The Hall–Kier alpha value is -1.38. The molecule has 0 amide bonds. The fourth-order valence-electron chi connectivity index (χ4n) is 1.97. The molecule has 0 fully saturated rings. The van der Waals surface area contributed by atoms with Crippen LogP contribution in [0.25, 0.3) is 11.0 Å². The first-order valence-electron chi connectivity index (χ1n) is 6.06. The van der Waals surface area contributed by atoms with Crippen LogP contribution in [0.5, 0.6) is 0 Å². The van der Waals surface area contributed by atoms with Gasteiger partial charge >= 0.3 is 0 Å². The molecule has 0 saturated heterocycles. The minimum absolute atomic E-state index is 0.0395. The molecule has 0 N–H and O–H groups in total. The molecule has 2 aromatic rings. The van der Waals surface area contributed by atoms with Gasteiger partial charge in [-0.25, -0.2) is 9.67 Å². The van der Waals surface area contributed by atoms with Gasteiger partial charge in [0, 0.05) is 17.0 Å². The van der Waals surface area contributed by atoms with E-state index in [9.17, 15) is 0 Å². The average molecular weight is 231 g/mol. The number of nitrogens with zero attached hydrogens (tertiary/aromatic N) is 3. The highest BCUT2D eigenvalue weighted by Crippen LogP contribution is 2.30. The molecule has 0 radical (unpaired) electrons. The van der Waals surface area contributed by atoms with Crippen molar-refractivity contribution >= 4 is 11.0 Å². The van der Waals surface area contributed by atoms with E-state index in [1.807, 2.05) is 16.9 Å². The summed E-state index contributed by atoms with van der Waals surface area (Å²) in [5, 5.41) is 5.95. The number of rotatable bonds is 0. The maximum Gasteiger partial charge on any atom is 0.158 e. The van der Waals surface area contributed by atoms with Gasteiger partial charge in [-0.3, -0.25) is 0 Å². The van der Waals surface area contributed by atoms with Crippen molar-refractivity contribution in [2.45, 2.75) is 52.5 Å². The molecule has 0 unspecified atom stereocenters. The van der Waals surface area contributed by atoms with Crippen molar-refractivity contribution in [3.8, 4) is 0 Å². The zero-order valence-electron chi connectivity index (χ0n) is 11.6. The van der Waals surface area contributed by atoms with E-state index in [0.29, 0.717) is 0 Å². The van der Waals surface area contributed by atoms with Crippen molar-refractivity contribution in [1.82, 2.24) is 14.8 Å². The quantitative estimate of drug-likeness (QED) is 0.695. The average Bonchev–Trinajstić information content (AvgIpc) is 2.55. The Bertz CT molecular complexity index is 491. The molecule has 3 heteroatoms. The van der Waals surface area contributed by atoms with Crippen LogP contribution in [0.3, 0.4) is 0 Å². The van der Waals surface area contributed by atoms with Gasteiger partial charge in [-0.05, 0) is 32.9 Å². The second-order valence-corrected chi connectivity index (χ2v) is 6.56. The Balaban J connectivity index is 2.81. The first kappa shape index (κ1) is 12.1. The Kier molecular flexibility index (Phi) is 2.53. The van der Waals surface area contributed by atoms with Gasteiger partial charge in [0.05, 0.1) is 11.2 Å². The highest BCUT2D eigenvalue weighted by Gasteiger charge is 2.26. The van der Waals surface area contributed by atoms with Gasteiger partial charge in [-0.15, -0.1) is 0 Å². The van der Waals surface area contributed by atoms with E-state index >= 15 is 0 Å². The normalized spacial score (nSPS) is 13.3. The third-order valence-corrected chi connectivity index (χ3v) is 2.79. The predicted molar refractivity (Wildman–Crippen MR) is 71.2 cm³/mol. The maximum absolute atomic E-state index is 4.79. The molecule has 92 valence electrons. The van der Waals surface area contributed by atoms with Crippen molar-refractivity contribution in [3.05, 3.63) is 24.0 Å². The summed E-state index contributed by atoms with van der Waals surface area (Å²) in [4.78, 5) is 4.48. The zero-order valence-corrected chi connectivity index (χ0v) is 11.6. The molecule has 0 saturated carbocycles. The predicted octanol–water partition coefficient (Wildman–Crippen LogP) is 3.48. The van der Waals surface area contributed by atoms with Gasteiger partial charge in [0.1, 0.15) is 0 Å². The minimum atomic E-state index is -0.0455. The number of hydrogen-bond acceptors (Lipinski definition) is 2.